The van der Waals surface area contributed by atoms with Crippen LogP contribution in [0.2, 0.25) is 5.15 Å². The van der Waals surface area contributed by atoms with Crippen LogP contribution in [0.3, 0.4) is 0 Å². The molecule has 2 aromatic heterocycles. The number of hydrogen-bond donors (Lipinski definition) is 1. The highest BCUT2D eigenvalue weighted by Crippen LogP contribution is 2.21. The van der Waals surface area contributed by atoms with Gasteiger partial charge in [0.25, 0.3) is 0 Å². The van der Waals surface area contributed by atoms with Gasteiger partial charge in [-0.3, -0.25) is 8.97 Å². The van der Waals surface area contributed by atoms with Crippen LogP contribution in [0.15, 0.2) is 35.3 Å². The first kappa shape index (κ1) is 16.1. The molecule has 7 nitrogen and oxygen atoms in total. The van der Waals surface area contributed by atoms with Crippen LogP contribution in [0, 0.1) is 0 Å². The van der Waals surface area contributed by atoms with Gasteiger partial charge in [-0.2, -0.15) is 0 Å². The Balaban J connectivity index is 2.42. The minimum absolute atomic E-state index is 0.163. The van der Waals surface area contributed by atoms with E-state index < -0.39 is 11.7 Å². The number of hydrogen-bond acceptors (Lipinski definition) is 4. The van der Waals surface area contributed by atoms with Crippen LogP contribution in [0.5, 0.6) is 5.75 Å². The number of rotatable bonds is 4. The monoisotopic (exact) mass is 347 g/mol. The average Bonchev–Trinajstić information content (AvgIpc) is 2.88. The van der Waals surface area contributed by atoms with Crippen LogP contribution in [0.4, 0.5) is 0 Å². The van der Waals surface area contributed by atoms with Gasteiger partial charge in [0.1, 0.15) is 16.4 Å². The highest BCUT2D eigenvalue weighted by Gasteiger charge is 2.24. The molecule has 1 aromatic carbocycles. The predicted molar refractivity (Wildman–Crippen MR) is 88.7 cm³/mol. The summed E-state index contributed by atoms with van der Waals surface area (Å²) in [7, 11) is 1.53. The summed E-state index contributed by atoms with van der Waals surface area (Å²) in [5, 5.41) is 9.79. The average molecular weight is 348 g/mol. The summed E-state index contributed by atoms with van der Waals surface area (Å²) in [6.07, 6.45) is 1.74. The summed E-state index contributed by atoms with van der Waals surface area (Å²) in [5.74, 6) is -0.622. The van der Waals surface area contributed by atoms with Crippen molar-refractivity contribution in [1.29, 1.82) is 0 Å². The summed E-state index contributed by atoms with van der Waals surface area (Å²) in [6.45, 7) is 1.82. The van der Waals surface area contributed by atoms with Crippen molar-refractivity contribution in [3.8, 4) is 11.4 Å². The first-order valence-electron chi connectivity index (χ1n) is 7.18. The maximum Gasteiger partial charge on any atom is 0.355 e. The lowest BCUT2D eigenvalue weighted by Gasteiger charge is -2.05. The van der Waals surface area contributed by atoms with Gasteiger partial charge in [-0.1, -0.05) is 18.5 Å². The Morgan fingerprint density at radius 3 is 2.54 bits per heavy atom. The van der Waals surface area contributed by atoms with E-state index in [0.29, 0.717) is 23.6 Å². The summed E-state index contributed by atoms with van der Waals surface area (Å²) in [5.41, 5.74) is 0.413. The Bertz CT molecular complexity index is 989. The minimum atomic E-state index is -1.23. The maximum atomic E-state index is 12.9. The molecule has 0 spiro atoms. The van der Waals surface area contributed by atoms with Gasteiger partial charge in [0, 0.05) is 0 Å². The van der Waals surface area contributed by atoms with Gasteiger partial charge in [0.05, 0.1) is 24.7 Å². The van der Waals surface area contributed by atoms with Crippen molar-refractivity contribution in [2.75, 3.05) is 7.11 Å². The van der Waals surface area contributed by atoms with Crippen molar-refractivity contribution in [3.63, 3.8) is 0 Å². The Morgan fingerprint density at radius 1 is 1.33 bits per heavy atom. The molecule has 0 amide bonds. The molecule has 0 unspecified atom stereocenters. The first-order chi connectivity index (χ1) is 11.5. The highest BCUT2D eigenvalue weighted by atomic mass is 35.5. The van der Waals surface area contributed by atoms with Gasteiger partial charge in [-0.05, 0) is 30.7 Å². The molecule has 124 valence electrons. The molecule has 24 heavy (non-hydrogen) atoms. The zero-order chi connectivity index (χ0) is 17.4. The number of carboxylic acid groups (broad SMARTS) is 1. The molecule has 0 saturated carbocycles. The van der Waals surface area contributed by atoms with Crippen molar-refractivity contribution < 1.29 is 14.6 Å². The lowest BCUT2D eigenvalue weighted by Crippen LogP contribution is -2.23. The molecule has 0 aliphatic heterocycles. The third-order valence-electron chi connectivity index (χ3n) is 3.77. The van der Waals surface area contributed by atoms with Crippen molar-refractivity contribution in [2.24, 2.45) is 0 Å². The number of methoxy groups -OCH3 is 1. The highest BCUT2D eigenvalue weighted by molar-refractivity contribution is 6.30. The van der Waals surface area contributed by atoms with E-state index in [2.05, 4.69) is 4.98 Å². The first-order valence-corrected chi connectivity index (χ1v) is 7.56. The second kappa shape index (κ2) is 6.01. The lowest BCUT2D eigenvalue weighted by molar-refractivity contribution is 0.0690. The number of aryl methyl sites for hydroxylation is 1. The van der Waals surface area contributed by atoms with Gasteiger partial charge >= 0.3 is 11.7 Å². The van der Waals surface area contributed by atoms with Crippen molar-refractivity contribution >= 4 is 23.1 Å². The number of benzene rings is 1. The zero-order valence-corrected chi connectivity index (χ0v) is 13.7. The van der Waals surface area contributed by atoms with E-state index in [1.54, 1.807) is 24.3 Å². The molecule has 0 aliphatic rings. The van der Waals surface area contributed by atoms with Gasteiger partial charge in [-0.15, -0.1) is 0 Å². The number of imidazole rings is 1. The van der Waals surface area contributed by atoms with Gasteiger partial charge in [0.15, 0.2) is 5.69 Å². The molecule has 0 bridgehead atoms. The third-order valence-corrected chi connectivity index (χ3v) is 4.08. The van der Waals surface area contributed by atoms with Crippen molar-refractivity contribution in [3.05, 3.63) is 57.5 Å². The van der Waals surface area contributed by atoms with Crippen LogP contribution in [0.25, 0.3) is 11.2 Å². The summed E-state index contributed by atoms with van der Waals surface area (Å²) >= 11 is 6.06. The molecule has 2 heterocycles. The number of halogens is 1. The molecule has 1 N–H and O–H groups in total. The molecule has 0 saturated heterocycles. The molecule has 0 fully saturated rings. The van der Waals surface area contributed by atoms with Gasteiger partial charge in [0.2, 0.25) is 0 Å². The predicted octanol–water partition coefficient (Wildman–Crippen LogP) is 2.41. The molecular formula is C16H14ClN3O4. The largest absolute Gasteiger partial charge is 0.497 e. The number of ether oxygens (including phenoxy) is 1. The standard InChI is InChI=1S/C16H14ClN3O4/c1-3-11-14(17)18-8-12-13(15(21)22)19(16(23)20(11)12)9-4-6-10(24-2)7-5-9/h4-8H,3H2,1-2H3,(H,21,22). The normalized spacial score (nSPS) is 11.0. The number of aromatic nitrogens is 3. The summed E-state index contributed by atoms with van der Waals surface area (Å²) in [6, 6.07) is 6.54. The van der Waals surface area contributed by atoms with E-state index in [9.17, 15) is 14.7 Å². The Labute approximate surface area is 141 Å². The van der Waals surface area contributed by atoms with Gasteiger partial charge < -0.3 is 9.84 Å². The van der Waals surface area contributed by atoms with E-state index in [1.807, 2.05) is 6.92 Å². The molecule has 0 radical (unpaired) electrons. The van der Waals surface area contributed by atoms with Crippen molar-refractivity contribution in [1.82, 2.24) is 14.0 Å². The van der Waals surface area contributed by atoms with Crippen LogP contribution < -0.4 is 10.4 Å². The molecule has 0 atom stereocenters. The van der Waals surface area contributed by atoms with E-state index in [0.717, 1.165) is 4.57 Å². The van der Waals surface area contributed by atoms with Gasteiger partial charge in [-0.25, -0.2) is 14.6 Å². The second-order valence-electron chi connectivity index (χ2n) is 5.04. The Hall–Kier alpha value is -2.80. The SMILES string of the molecule is CCc1c(Cl)ncc2c(C(=O)O)n(-c3ccc(OC)cc3)c(=O)n12. The fourth-order valence-corrected chi connectivity index (χ4v) is 2.93. The fraction of sp³-hybridized carbons (Fsp3) is 0.188. The number of carboxylic acids is 1. The number of nitrogens with zero attached hydrogens (tertiary/aromatic N) is 3. The van der Waals surface area contributed by atoms with E-state index in [4.69, 9.17) is 16.3 Å². The topological polar surface area (TPSA) is 85.8 Å². The van der Waals surface area contributed by atoms with E-state index >= 15 is 0 Å². The van der Waals surface area contributed by atoms with E-state index in [1.165, 1.54) is 17.7 Å². The Morgan fingerprint density at radius 2 is 2.00 bits per heavy atom. The molecule has 0 aliphatic carbocycles. The van der Waals surface area contributed by atoms with Crippen LogP contribution in [-0.2, 0) is 6.42 Å². The number of carbonyl (C=O) groups is 1. The molecule has 3 aromatic rings. The number of fused-ring (bicyclic) bond motifs is 1. The maximum absolute atomic E-state index is 12.9. The third kappa shape index (κ3) is 2.33. The summed E-state index contributed by atoms with van der Waals surface area (Å²) in [4.78, 5) is 28.7. The molecule has 3 rings (SSSR count). The second-order valence-corrected chi connectivity index (χ2v) is 5.40. The zero-order valence-electron chi connectivity index (χ0n) is 13.0. The molecule has 8 heteroatoms. The quantitative estimate of drug-likeness (QED) is 0.783. The Kier molecular flexibility index (Phi) is 4.02. The van der Waals surface area contributed by atoms with Crippen LogP contribution in [0.1, 0.15) is 23.1 Å². The summed E-state index contributed by atoms with van der Waals surface area (Å²) < 4.78 is 7.52. The number of aromatic carboxylic acids is 1. The fourth-order valence-electron chi connectivity index (χ4n) is 2.66. The molecular weight excluding hydrogens is 334 g/mol. The van der Waals surface area contributed by atoms with Crippen LogP contribution in [-0.4, -0.2) is 32.1 Å². The minimum Gasteiger partial charge on any atom is -0.497 e. The lowest BCUT2D eigenvalue weighted by atomic mass is 10.2. The smallest absolute Gasteiger partial charge is 0.355 e. The van der Waals surface area contributed by atoms with Crippen molar-refractivity contribution in [2.45, 2.75) is 13.3 Å². The van der Waals surface area contributed by atoms with Crippen LogP contribution >= 0.6 is 11.6 Å². The van der Waals surface area contributed by atoms with E-state index in [-0.39, 0.29) is 16.4 Å².